The molecule has 0 aliphatic heterocycles. The molecule has 14 heavy (non-hydrogen) atoms. The highest BCUT2D eigenvalue weighted by Gasteiger charge is 1.94. The van der Waals surface area contributed by atoms with Gasteiger partial charge in [0.25, 0.3) is 0 Å². The topological polar surface area (TPSA) is 106 Å². The van der Waals surface area contributed by atoms with Crippen LogP contribution in [0.15, 0.2) is 35.4 Å². The second-order valence-electron chi connectivity index (χ2n) is 2.38. The molecule has 0 unspecified atom stereocenters. The molecule has 0 amide bonds. The summed E-state index contributed by atoms with van der Waals surface area (Å²) >= 11 is 0. The summed E-state index contributed by atoms with van der Waals surface area (Å²) in [5.74, 6) is -0.182. The third-order valence-corrected chi connectivity index (χ3v) is 1.29. The summed E-state index contributed by atoms with van der Waals surface area (Å²) in [6.07, 6.45) is 0. The minimum absolute atomic E-state index is 0.182. The first-order chi connectivity index (χ1) is 6.68. The largest absolute Gasteiger partial charge is 0.367 e. The number of guanidine groups is 1. The second kappa shape index (κ2) is 5.02. The number of benzene rings is 1. The minimum atomic E-state index is -0.286. The van der Waals surface area contributed by atoms with E-state index in [2.05, 4.69) is 10.5 Å². The van der Waals surface area contributed by atoms with Crippen molar-refractivity contribution >= 4 is 11.6 Å². The number of nitrogens with two attached hydrogens (primary N) is 1. The zero-order valence-electron chi connectivity index (χ0n) is 7.25. The van der Waals surface area contributed by atoms with Crippen LogP contribution < -0.4 is 16.6 Å². The van der Waals surface area contributed by atoms with Crippen LogP contribution in [0.5, 0.6) is 0 Å². The van der Waals surface area contributed by atoms with Crippen LogP contribution in [0, 0.1) is 0 Å². The lowest BCUT2D eigenvalue weighted by molar-refractivity contribution is -0.329. The first-order valence-corrected chi connectivity index (χ1v) is 3.77. The van der Waals surface area contributed by atoms with Gasteiger partial charge in [-0.1, -0.05) is 18.2 Å². The molecule has 0 bridgehead atoms. The van der Waals surface area contributed by atoms with Crippen molar-refractivity contribution < 1.29 is 10.4 Å². The highest BCUT2D eigenvalue weighted by molar-refractivity contribution is 5.77. The normalized spacial score (nSPS) is 11.5. The van der Waals surface area contributed by atoms with Crippen molar-refractivity contribution in [2.75, 3.05) is 5.43 Å². The first-order valence-electron chi connectivity index (χ1n) is 3.77. The Balaban J connectivity index is 2.47. The SMILES string of the molecule is NC(=NNc1ccccc1)NN(O)O. The smallest absolute Gasteiger partial charge is 0.229 e. The van der Waals surface area contributed by atoms with Crippen LogP contribution in [-0.2, 0) is 0 Å². The summed E-state index contributed by atoms with van der Waals surface area (Å²) in [6, 6.07) is 9.08. The molecule has 0 fully saturated rings. The van der Waals surface area contributed by atoms with Crippen molar-refractivity contribution in [1.82, 2.24) is 10.8 Å². The monoisotopic (exact) mass is 197 g/mol. The number of para-hydroxylation sites is 1. The van der Waals surface area contributed by atoms with E-state index in [9.17, 15) is 0 Å². The number of nitrogens with zero attached hydrogens (tertiary/aromatic N) is 2. The van der Waals surface area contributed by atoms with Gasteiger partial charge in [0, 0.05) is 5.34 Å². The van der Waals surface area contributed by atoms with Crippen molar-refractivity contribution in [3.8, 4) is 0 Å². The molecule has 0 saturated carbocycles. The predicted octanol–water partition coefficient (Wildman–Crippen LogP) is -0.0868. The van der Waals surface area contributed by atoms with Crippen LogP contribution in [0.4, 0.5) is 5.69 Å². The number of anilines is 1. The Hall–Kier alpha value is -1.83. The van der Waals surface area contributed by atoms with Crippen molar-refractivity contribution in [2.45, 2.75) is 0 Å². The maximum Gasteiger partial charge on any atom is 0.229 e. The molecular formula is C7H11N5O2. The lowest BCUT2D eigenvalue weighted by atomic mass is 10.3. The number of hydrazine groups is 1. The van der Waals surface area contributed by atoms with Gasteiger partial charge in [-0.15, -0.1) is 5.10 Å². The van der Waals surface area contributed by atoms with Gasteiger partial charge in [0.2, 0.25) is 5.96 Å². The van der Waals surface area contributed by atoms with Crippen LogP contribution in [0.3, 0.4) is 0 Å². The minimum Gasteiger partial charge on any atom is -0.367 e. The molecule has 76 valence electrons. The highest BCUT2D eigenvalue weighted by Crippen LogP contribution is 2.03. The molecule has 0 atom stereocenters. The third kappa shape index (κ3) is 3.72. The van der Waals surface area contributed by atoms with E-state index in [0.717, 1.165) is 5.69 Å². The average Bonchev–Trinajstić information content (AvgIpc) is 2.15. The summed E-state index contributed by atoms with van der Waals surface area (Å²) in [5, 5.41) is 19.9. The van der Waals surface area contributed by atoms with E-state index in [1.165, 1.54) is 0 Å². The summed E-state index contributed by atoms with van der Waals surface area (Å²) in [5.41, 5.74) is 10.5. The molecule has 1 rings (SSSR count). The Kier molecular flexibility index (Phi) is 3.68. The van der Waals surface area contributed by atoms with E-state index in [1.807, 2.05) is 23.6 Å². The van der Waals surface area contributed by atoms with Crippen molar-refractivity contribution in [3.63, 3.8) is 0 Å². The zero-order valence-corrected chi connectivity index (χ0v) is 7.25. The van der Waals surface area contributed by atoms with Gasteiger partial charge in [-0.25, -0.2) is 5.43 Å². The van der Waals surface area contributed by atoms with Crippen molar-refractivity contribution in [1.29, 1.82) is 0 Å². The Morgan fingerprint density at radius 2 is 1.93 bits per heavy atom. The number of hydrazone groups is 1. The number of hydrogen-bond donors (Lipinski definition) is 5. The van der Waals surface area contributed by atoms with Crippen LogP contribution in [0.1, 0.15) is 0 Å². The molecule has 0 saturated heterocycles. The molecular weight excluding hydrogens is 186 g/mol. The van der Waals surface area contributed by atoms with Crippen LogP contribution >= 0.6 is 0 Å². The Morgan fingerprint density at radius 3 is 2.50 bits per heavy atom. The molecule has 0 aliphatic rings. The Bertz CT molecular complexity index is 300. The Labute approximate surface area is 80.3 Å². The van der Waals surface area contributed by atoms with Gasteiger partial charge in [0.05, 0.1) is 5.69 Å². The highest BCUT2D eigenvalue weighted by atomic mass is 16.8. The molecule has 6 N–H and O–H groups in total. The van der Waals surface area contributed by atoms with Gasteiger partial charge in [0.1, 0.15) is 0 Å². The molecule has 1 aromatic carbocycles. The third-order valence-electron chi connectivity index (χ3n) is 1.29. The van der Waals surface area contributed by atoms with Crippen LogP contribution in [0.25, 0.3) is 0 Å². The predicted molar refractivity (Wildman–Crippen MR) is 50.2 cm³/mol. The van der Waals surface area contributed by atoms with E-state index in [1.54, 1.807) is 12.1 Å². The van der Waals surface area contributed by atoms with E-state index in [4.69, 9.17) is 16.1 Å². The number of rotatable bonds is 3. The molecule has 0 radical (unpaired) electrons. The van der Waals surface area contributed by atoms with Crippen LogP contribution in [0.2, 0.25) is 0 Å². The van der Waals surface area contributed by atoms with Gasteiger partial charge in [-0.2, -0.15) is 0 Å². The van der Waals surface area contributed by atoms with Gasteiger partial charge < -0.3 is 5.73 Å². The number of hydrogen-bond acceptors (Lipinski definition) is 5. The quantitative estimate of drug-likeness (QED) is 0.263. The molecule has 0 aromatic heterocycles. The van der Waals surface area contributed by atoms with Gasteiger partial charge in [-0.3, -0.25) is 15.8 Å². The maximum absolute atomic E-state index is 8.31. The van der Waals surface area contributed by atoms with E-state index >= 15 is 0 Å². The van der Waals surface area contributed by atoms with E-state index < -0.39 is 0 Å². The number of nitrogens with one attached hydrogen (secondary N) is 2. The van der Waals surface area contributed by atoms with Crippen molar-refractivity contribution in [3.05, 3.63) is 30.3 Å². The van der Waals surface area contributed by atoms with Gasteiger partial charge in [0.15, 0.2) is 0 Å². The fourth-order valence-corrected chi connectivity index (χ4v) is 0.765. The molecule has 1 aromatic rings. The van der Waals surface area contributed by atoms with Crippen molar-refractivity contribution in [2.24, 2.45) is 10.8 Å². The van der Waals surface area contributed by atoms with Gasteiger partial charge in [-0.05, 0) is 12.1 Å². The van der Waals surface area contributed by atoms with Gasteiger partial charge >= 0.3 is 0 Å². The second-order valence-corrected chi connectivity index (χ2v) is 2.38. The van der Waals surface area contributed by atoms with E-state index in [-0.39, 0.29) is 11.3 Å². The summed E-state index contributed by atoms with van der Waals surface area (Å²) in [7, 11) is 0. The Morgan fingerprint density at radius 1 is 1.29 bits per heavy atom. The summed E-state index contributed by atoms with van der Waals surface area (Å²) in [4.78, 5) is 0. The molecule has 0 heterocycles. The zero-order chi connectivity index (χ0) is 10.4. The molecule has 0 spiro atoms. The van der Waals surface area contributed by atoms with E-state index in [0.29, 0.717) is 0 Å². The molecule has 7 nitrogen and oxygen atoms in total. The lowest BCUT2D eigenvalue weighted by Gasteiger charge is -2.07. The lowest BCUT2D eigenvalue weighted by Crippen LogP contribution is -2.42. The first kappa shape index (κ1) is 10.3. The van der Waals surface area contributed by atoms with Crippen LogP contribution in [-0.4, -0.2) is 21.7 Å². The fraction of sp³-hybridized carbons (Fsp3) is 0. The standard InChI is InChI=1S/C7H11N5O2/c8-7(11-12(13)14)10-9-6-4-2-1-3-5-6/h1-5,9,13-14H,(H3,8,10,11). The maximum atomic E-state index is 8.31. The summed E-state index contributed by atoms with van der Waals surface area (Å²) < 4.78 is 0. The molecule has 7 heteroatoms. The summed E-state index contributed by atoms with van der Waals surface area (Å²) in [6.45, 7) is 0. The fourth-order valence-electron chi connectivity index (χ4n) is 0.765. The average molecular weight is 197 g/mol. The molecule has 0 aliphatic carbocycles.